The molecule has 112 valence electrons. The average molecular weight is 333 g/mol. The molecule has 0 bridgehead atoms. The maximum Gasteiger partial charge on any atom is 0.228 e. The summed E-state index contributed by atoms with van der Waals surface area (Å²) in [6, 6.07) is 11.5. The summed E-state index contributed by atoms with van der Waals surface area (Å²) < 4.78 is 5.84. The van der Waals surface area contributed by atoms with Gasteiger partial charge in [0.1, 0.15) is 5.52 Å². The van der Waals surface area contributed by atoms with Crippen molar-refractivity contribution in [3.8, 4) is 11.5 Å². The van der Waals surface area contributed by atoms with Crippen LogP contribution in [0.2, 0.25) is 10.0 Å². The number of hydrogen-bond donors (Lipinski definition) is 0. The number of oxazole rings is 1. The highest BCUT2D eigenvalue weighted by Crippen LogP contribution is 2.33. The van der Waals surface area contributed by atoms with Crippen molar-refractivity contribution < 1.29 is 4.42 Å². The van der Waals surface area contributed by atoms with Gasteiger partial charge in [-0.05, 0) is 49.2 Å². The Morgan fingerprint density at radius 2 is 1.82 bits per heavy atom. The van der Waals surface area contributed by atoms with Gasteiger partial charge in [-0.1, -0.05) is 23.2 Å². The lowest BCUT2D eigenvalue weighted by Crippen LogP contribution is -2.17. The fourth-order valence-electron chi connectivity index (χ4n) is 2.87. The van der Waals surface area contributed by atoms with E-state index in [1.54, 1.807) is 12.1 Å². The van der Waals surface area contributed by atoms with Gasteiger partial charge in [0, 0.05) is 23.8 Å². The van der Waals surface area contributed by atoms with E-state index in [2.05, 4.69) is 22.0 Å². The molecule has 0 amide bonds. The molecule has 0 saturated carbocycles. The third-order valence-corrected chi connectivity index (χ3v) is 4.55. The molecule has 2 heterocycles. The molecule has 5 heteroatoms. The third-order valence-electron chi connectivity index (χ3n) is 4.00. The van der Waals surface area contributed by atoms with Gasteiger partial charge in [0.15, 0.2) is 5.58 Å². The standard InChI is InChI=1S/C17H14Cl2N2O/c18-11-3-5-13(14(19)9-11)17-20-15-10-12(4-6-16(15)22-17)21-7-1-2-8-21/h3-6,9-10H,1-2,7-8H2. The predicted octanol–water partition coefficient (Wildman–Crippen LogP) is 5.40. The Balaban J connectivity index is 1.76. The molecule has 22 heavy (non-hydrogen) atoms. The smallest absolute Gasteiger partial charge is 0.228 e. The Morgan fingerprint density at radius 3 is 2.59 bits per heavy atom. The van der Waals surface area contributed by atoms with Crippen LogP contribution in [-0.2, 0) is 0 Å². The van der Waals surface area contributed by atoms with Crippen molar-refractivity contribution in [1.29, 1.82) is 0 Å². The van der Waals surface area contributed by atoms with E-state index in [0.717, 1.165) is 29.8 Å². The maximum atomic E-state index is 6.23. The van der Waals surface area contributed by atoms with E-state index in [4.69, 9.17) is 27.6 Å². The summed E-state index contributed by atoms with van der Waals surface area (Å²) in [5.74, 6) is 0.523. The van der Waals surface area contributed by atoms with Crippen molar-refractivity contribution >= 4 is 40.0 Å². The van der Waals surface area contributed by atoms with Crippen LogP contribution in [0, 0.1) is 0 Å². The highest BCUT2D eigenvalue weighted by molar-refractivity contribution is 6.36. The van der Waals surface area contributed by atoms with Crippen LogP contribution in [0.25, 0.3) is 22.6 Å². The molecule has 1 aliphatic rings. The molecular weight excluding hydrogens is 319 g/mol. The molecule has 2 aromatic carbocycles. The van der Waals surface area contributed by atoms with Gasteiger partial charge >= 0.3 is 0 Å². The van der Waals surface area contributed by atoms with Crippen molar-refractivity contribution in [3.05, 3.63) is 46.4 Å². The molecule has 0 unspecified atom stereocenters. The van der Waals surface area contributed by atoms with Crippen molar-refractivity contribution in [1.82, 2.24) is 4.98 Å². The largest absolute Gasteiger partial charge is 0.436 e. The Bertz CT molecular complexity index is 838. The van der Waals surface area contributed by atoms with Gasteiger partial charge in [-0.2, -0.15) is 0 Å². The summed E-state index contributed by atoms with van der Waals surface area (Å²) in [6.45, 7) is 2.22. The molecule has 4 rings (SSSR count). The van der Waals surface area contributed by atoms with E-state index in [0.29, 0.717) is 15.9 Å². The van der Waals surface area contributed by atoms with E-state index in [1.807, 2.05) is 12.1 Å². The maximum absolute atomic E-state index is 6.23. The molecule has 3 aromatic rings. The summed E-state index contributed by atoms with van der Waals surface area (Å²) in [7, 11) is 0. The molecule has 0 spiro atoms. The molecule has 1 saturated heterocycles. The first-order valence-electron chi connectivity index (χ1n) is 7.32. The number of rotatable bonds is 2. The van der Waals surface area contributed by atoms with Crippen molar-refractivity contribution in [3.63, 3.8) is 0 Å². The Labute approximate surface area is 138 Å². The van der Waals surface area contributed by atoms with Gasteiger partial charge in [0.05, 0.1) is 10.6 Å². The van der Waals surface area contributed by atoms with Crippen LogP contribution in [0.5, 0.6) is 0 Å². The molecular formula is C17H14Cl2N2O. The van der Waals surface area contributed by atoms with Crippen molar-refractivity contribution in [2.24, 2.45) is 0 Å². The molecule has 0 radical (unpaired) electrons. The van der Waals surface area contributed by atoms with Crippen LogP contribution in [0.4, 0.5) is 5.69 Å². The fraction of sp³-hybridized carbons (Fsp3) is 0.235. The second kappa shape index (κ2) is 5.49. The second-order valence-electron chi connectivity index (χ2n) is 5.49. The number of halogens is 2. The molecule has 0 aliphatic carbocycles. The SMILES string of the molecule is Clc1ccc(-c2nc3cc(N4CCCC4)ccc3o2)c(Cl)c1. The highest BCUT2D eigenvalue weighted by atomic mass is 35.5. The lowest BCUT2D eigenvalue weighted by Gasteiger charge is -2.16. The number of anilines is 1. The first kappa shape index (κ1) is 13.9. The summed E-state index contributed by atoms with van der Waals surface area (Å²) in [6.07, 6.45) is 2.50. The normalized spacial score (nSPS) is 14.9. The highest BCUT2D eigenvalue weighted by Gasteiger charge is 2.16. The van der Waals surface area contributed by atoms with Gasteiger partial charge in [0.2, 0.25) is 5.89 Å². The van der Waals surface area contributed by atoms with Crippen LogP contribution >= 0.6 is 23.2 Å². The fourth-order valence-corrected chi connectivity index (χ4v) is 3.36. The zero-order valence-electron chi connectivity index (χ0n) is 11.9. The molecule has 1 aliphatic heterocycles. The number of hydrogen-bond acceptors (Lipinski definition) is 3. The van der Waals surface area contributed by atoms with E-state index in [9.17, 15) is 0 Å². The Kier molecular flexibility index (Phi) is 3.47. The molecule has 0 N–H and O–H groups in total. The number of nitrogens with zero attached hydrogens (tertiary/aromatic N) is 2. The number of aromatic nitrogens is 1. The van der Waals surface area contributed by atoms with Crippen LogP contribution in [0.3, 0.4) is 0 Å². The monoisotopic (exact) mass is 332 g/mol. The Hall–Kier alpha value is -1.71. The van der Waals surface area contributed by atoms with E-state index >= 15 is 0 Å². The molecule has 1 fully saturated rings. The van der Waals surface area contributed by atoms with Gasteiger partial charge < -0.3 is 9.32 Å². The zero-order valence-corrected chi connectivity index (χ0v) is 13.4. The van der Waals surface area contributed by atoms with Crippen LogP contribution in [0.15, 0.2) is 40.8 Å². The number of benzene rings is 2. The average Bonchev–Trinajstić information content (AvgIpc) is 3.15. The van der Waals surface area contributed by atoms with Crippen LogP contribution < -0.4 is 4.90 Å². The van der Waals surface area contributed by atoms with Gasteiger partial charge in [0.25, 0.3) is 0 Å². The second-order valence-corrected chi connectivity index (χ2v) is 6.33. The molecule has 0 atom stereocenters. The van der Waals surface area contributed by atoms with E-state index in [-0.39, 0.29) is 0 Å². The van der Waals surface area contributed by atoms with Crippen LogP contribution in [0.1, 0.15) is 12.8 Å². The molecule has 3 nitrogen and oxygen atoms in total. The van der Waals surface area contributed by atoms with E-state index < -0.39 is 0 Å². The Morgan fingerprint density at radius 1 is 1.00 bits per heavy atom. The zero-order chi connectivity index (χ0) is 15.1. The summed E-state index contributed by atoms with van der Waals surface area (Å²) >= 11 is 12.2. The minimum Gasteiger partial charge on any atom is -0.436 e. The van der Waals surface area contributed by atoms with Gasteiger partial charge in [-0.25, -0.2) is 4.98 Å². The van der Waals surface area contributed by atoms with E-state index in [1.165, 1.54) is 18.5 Å². The number of fused-ring (bicyclic) bond motifs is 1. The summed E-state index contributed by atoms with van der Waals surface area (Å²) in [5, 5.41) is 1.14. The summed E-state index contributed by atoms with van der Waals surface area (Å²) in [4.78, 5) is 6.96. The van der Waals surface area contributed by atoms with Crippen molar-refractivity contribution in [2.75, 3.05) is 18.0 Å². The topological polar surface area (TPSA) is 29.3 Å². The minimum absolute atomic E-state index is 0.523. The third kappa shape index (κ3) is 2.44. The lowest BCUT2D eigenvalue weighted by molar-refractivity contribution is 0.620. The van der Waals surface area contributed by atoms with Crippen LogP contribution in [-0.4, -0.2) is 18.1 Å². The van der Waals surface area contributed by atoms with Gasteiger partial charge in [-0.3, -0.25) is 0 Å². The molecule has 1 aromatic heterocycles. The quantitative estimate of drug-likeness (QED) is 0.629. The minimum atomic E-state index is 0.523. The summed E-state index contributed by atoms with van der Waals surface area (Å²) in [5.41, 5.74) is 3.58. The first-order chi connectivity index (χ1) is 10.7. The van der Waals surface area contributed by atoms with Crippen molar-refractivity contribution in [2.45, 2.75) is 12.8 Å². The van der Waals surface area contributed by atoms with Gasteiger partial charge in [-0.15, -0.1) is 0 Å². The predicted molar refractivity (Wildman–Crippen MR) is 90.9 cm³/mol. The first-order valence-corrected chi connectivity index (χ1v) is 8.07. The lowest BCUT2D eigenvalue weighted by atomic mass is 10.2.